The third-order valence-corrected chi connectivity index (χ3v) is 7.67. The lowest BCUT2D eigenvalue weighted by molar-refractivity contribution is -0.204. The molecule has 0 aliphatic carbocycles. The largest absolute Gasteiger partial charge is 0.338 e. The molecule has 0 spiro atoms. The maximum absolute atomic E-state index is 12.6. The number of nitrogens with zero attached hydrogens (tertiary/aromatic N) is 2. The second-order valence-corrected chi connectivity index (χ2v) is 11.8. The van der Waals surface area contributed by atoms with Crippen molar-refractivity contribution in [1.29, 1.82) is 0 Å². The Morgan fingerprint density at radius 2 is 1.75 bits per heavy atom. The number of halogens is 1. The van der Waals surface area contributed by atoms with E-state index in [1.54, 1.807) is 37.3 Å². The zero-order valence-corrected chi connectivity index (χ0v) is 22.7. The van der Waals surface area contributed by atoms with Crippen molar-refractivity contribution in [3.63, 3.8) is 0 Å². The summed E-state index contributed by atoms with van der Waals surface area (Å²) in [6, 6.07) is 12.8. The molecule has 8 nitrogen and oxygen atoms in total. The van der Waals surface area contributed by atoms with Crippen LogP contribution >= 0.6 is 11.6 Å². The second kappa shape index (κ2) is 11.1. The highest BCUT2D eigenvalue weighted by Crippen LogP contribution is 2.38. The molecule has 0 bridgehead atoms. The van der Waals surface area contributed by atoms with E-state index in [0.717, 1.165) is 16.8 Å². The number of para-hydroxylation sites is 1. The third kappa shape index (κ3) is 5.96. The van der Waals surface area contributed by atoms with Crippen LogP contribution in [-0.4, -0.2) is 34.1 Å². The molecule has 0 saturated carbocycles. The number of fused-ring (bicyclic) bond motifs is 2. The molecular weight excluding hydrogens is 502 g/mol. The Morgan fingerprint density at radius 3 is 2.36 bits per heavy atom. The summed E-state index contributed by atoms with van der Waals surface area (Å²) in [5.41, 5.74) is 8.35. The topological polar surface area (TPSA) is 110 Å². The molecule has 36 heavy (non-hydrogen) atoms. The number of hydrogen-bond acceptors (Lipinski definition) is 6. The van der Waals surface area contributed by atoms with Crippen molar-refractivity contribution in [2.45, 2.75) is 57.9 Å². The first kappa shape index (κ1) is 27.8. The molecule has 0 radical (unpaired) electrons. The van der Waals surface area contributed by atoms with Crippen molar-refractivity contribution >= 4 is 46.1 Å². The average Bonchev–Trinajstić information content (AvgIpc) is 3.10. The maximum atomic E-state index is 12.6. The molecule has 194 valence electrons. The predicted molar refractivity (Wildman–Crippen MR) is 139 cm³/mol. The lowest BCUT2D eigenvalue weighted by Gasteiger charge is -2.25. The number of amides is 2. The first-order valence-corrected chi connectivity index (χ1v) is 13.2. The molecule has 2 aromatic carbocycles. The summed E-state index contributed by atoms with van der Waals surface area (Å²) < 4.78 is 14.4. The lowest BCUT2D eigenvalue weighted by Crippen LogP contribution is -2.38. The van der Waals surface area contributed by atoms with Gasteiger partial charge >= 0.3 is 5.97 Å². The minimum Gasteiger partial charge on any atom is -0.330 e. The van der Waals surface area contributed by atoms with Crippen LogP contribution < -0.4 is 10.0 Å². The molecule has 10 heteroatoms. The van der Waals surface area contributed by atoms with Gasteiger partial charge < -0.3 is 10.6 Å². The molecular formula is C26H32ClN3O5S. The van der Waals surface area contributed by atoms with Crippen LogP contribution in [0, 0.1) is 11.3 Å². The average molecular weight is 534 g/mol. The number of nitrogens with two attached hydrogens (primary N) is 1. The molecule has 2 amide bonds. The summed E-state index contributed by atoms with van der Waals surface area (Å²) in [5.74, 6) is -1.08. The smallest absolute Gasteiger partial charge is 0.330 e. The Hall–Kier alpha value is -2.75. The number of imide groups is 1. The molecule has 2 aromatic rings. The van der Waals surface area contributed by atoms with Gasteiger partial charge in [-0.25, -0.2) is 9.00 Å². The van der Waals surface area contributed by atoms with Gasteiger partial charge in [0.05, 0.1) is 22.0 Å². The third-order valence-electron chi connectivity index (χ3n) is 6.01. The van der Waals surface area contributed by atoms with E-state index in [9.17, 15) is 18.6 Å². The number of rotatable bonds is 4. The number of hydroxylamine groups is 2. The fraction of sp³-hybridized carbons (Fsp3) is 0.423. The highest BCUT2D eigenvalue weighted by Gasteiger charge is 2.38. The first-order valence-electron chi connectivity index (χ1n) is 11.7. The van der Waals surface area contributed by atoms with E-state index in [4.69, 9.17) is 22.2 Å². The van der Waals surface area contributed by atoms with Gasteiger partial charge in [0.25, 0.3) is 11.8 Å². The SMILES string of the molecule is CC(C)CC(C)(C)C(=O)ON1C(=O)CCC1=O.CN1c2ccccc2C(N)c2ccc(Cl)cc2S1=O. The van der Waals surface area contributed by atoms with Gasteiger partial charge in [0, 0.05) is 24.9 Å². The molecule has 2 aliphatic rings. The number of hydrogen-bond donors (Lipinski definition) is 1. The fourth-order valence-electron chi connectivity index (χ4n) is 4.33. The molecule has 4 rings (SSSR count). The molecule has 1 saturated heterocycles. The van der Waals surface area contributed by atoms with Gasteiger partial charge in [-0.1, -0.05) is 49.7 Å². The second-order valence-electron chi connectivity index (χ2n) is 9.91. The standard InChI is InChI=1S/C14H13ClN2OS.C12H19NO4/c1-17-12-5-3-2-4-10(12)14(16)11-7-6-9(15)8-13(11)19(17)18;1-8(2)7-12(3,4)11(16)17-13-9(14)5-6-10(13)15/h2-8,14H,16H2,1H3;8H,5-7H2,1-4H3. The predicted octanol–water partition coefficient (Wildman–Crippen LogP) is 4.53. The normalized spacial score (nSPS) is 19.3. The lowest BCUT2D eigenvalue weighted by atomic mass is 9.84. The zero-order chi connectivity index (χ0) is 26.8. The molecule has 2 N–H and O–H groups in total. The minimum atomic E-state index is -1.30. The van der Waals surface area contributed by atoms with E-state index in [-0.39, 0.29) is 18.9 Å². The molecule has 2 heterocycles. The summed E-state index contributed by atoms with van der Waals surface area (Å²) in [7, 11) is 0.503. The highest BCUT2D eigenvalue weighted by molar-refractivity contribution is 7.86. The molecule has 2 unspecified atom stereocenters. The molecule has 2 atom stereocenters. The van der Waals surface area contributed by atoms with Crippen molar-refractivity contribution in [1.82, 2.24) is 5.06 Å². The van der Waals surface area contributed by atoms with E-state index >= 15 is 0 Å². The van der Waals surface area contributed by atoms with Crippen LogP contribution in [0.1, 0.15) is 64.1 Å². The monoisotopic (exact) mass is 533 g/mol. The summed E-state index contributed by atoms with van der Waals surface area (Å²) >= 11 is 6.01. The van der Waals surface area contributed by atoms with Crippen molar-refractivity contribution in [2.24, 2.45) is 17.1 Å². The Kier molecular flexibility index (Phi) is 8.59. The van der Waals surface area contributed by atoms with Gasteiger partial charge in [0.2, 0.25) is 0 Å². The number of carbonyl (C=O) groups excluding carboxylic acids is 3. The van der Waals surface area contributed by atoms with Crippen LogP contribution in [0.25, 0.3) is 0 Å². The van der Waals surface area contributed by atoms with E-state index in [2.05, 4.69) is 0 Å². The van der Waals surface area contributed by atoms with Crippen LogP contribution in [0.15, 0.2) is 47.4 Å². The Bertz CT molecular complexity index is 1180. The molecule has 1 fully saturated rings. The quantitative estimate of drug-likeness (QED) is 0.578. The number of benzene rings is 2. The van der Waals surface area contributed by atoms with Crippen molar-refractivity contribution in [3.05, 3.63) is 58.6 Å². The van der Waals surface area contributed by atoms with Crippen molar-refractivity contribution < 1.29 is 23.4 Å². The van der Waals surface area contributed by atoms with Gasteiger partial charge in [-0.15, -0.1) is 5.06 Å². The molecule has 0 aromatic heterocycles. The highest BCUT2D eigenvalue weighted by atomic mass is 35.5. The van der Waals surface area contributed by atoms with Gasteiger partial charge in [-0.2, -0.15) is 0 Å². The summed E-state index contributed by atoms with van der Waals surface area (Å²) in [5, 5.41) is 1.17. The van der Waals surface area contributed by atoms with Crippen LogP contribution in [0.4, 0.5) is 5.69 Å². The van der Waals surface area contributed by atoms with Crippen LogP contribution in [-0.2, 0) is 30.2 Å². The summed E-state index contributed by atoms with van der Waals surface area (Å²) in [6.45, 7) is 7.50. The van der Waals surface area contributed by atoms with Crippen molar-refractivity contribution in [3.8, 4) is 0 Å². The van der Waals surface area contributed by atoms with Crippen molar-refractivity contribution in [2.75, 3.05) is 11.4 Å². The van der Waals surface area contributed by atoms with E-state index in [1.807, 2.05) is 44.2 Å². The minimum absolute atomic E-state index is 0.122. The van der Waals surface area contributed by atoms with Gasteiger partial charge in [0.15, 0.2) is 11.0 Å². The Balaban J connectivity index is 0.000000202. The Labute approximate surface area is 219 Å². The molecule has 2 aliphatic heterocycles. The fourth-order valence-corrected chi connectivity index (χ4v) is 5.83. The van der Waals surface area contributed by atoms with Crippen LogP contribution in [0.5, 0.6) is 0 Å². The van der Waals surface area contributed by atoms with Crippen LogP contribution in [0.2, 0.25) is 5.02 Å². The van der Waals surface area contributed by atoms with E-state index in [1.165, 1.54) is 0 Å². The number of anilines is 1. The van der Waals surface area contributed by atoms with Gasteiger partial charge in [-0.05, 0) is 55.5 Å². The van der Waals surface area contributed by atoms with E-state index < -0.39 is 34.2 Å². The Morgan fingerprint density at radius 1 is 1.14 bits per heavy atom. The van der Waals surface area contributed by atoms with Gasteiger partial charge in [0.1, 0.15) is 0 Å². The maximum Gasteiger partial charge on any atom is 0.338 e. The summed E-state index contributed by atoms with van der Waals surface area (Å²) in [4.78, 5) is 40.0. The number of carbonyl (C=O) groups is 3. The zero-order valence-electron chi connectivity index (χ0n) is 21.1. The first-order chi connectivity index (χ1) is 16.8. The van der Waals surface area contributed by atoms with Crippen LogP contribution in [0.3, 0.4) is 0 Å². The summed E-state index contributed by atoms with van der Waals surface area (Å²) in [6.07, 6.45) is 0.884. The van der Waals surface area contributed by atoms with Gasteiger partial charge in [-0.3, -0.25) is 13.9 Å². The van der Waals surface area contributed by atoms with E-state index in [0.29, 0.717) is 27.3 Å².